The van der Waals surface area contributed by atoms with E-state index < -0.39 is 16.0 Å². The van der Waals surface area contributed by atoms with E-state index >= 15 is 0 Å². The van der Waals surface area contributed by atoms with Gasteiger partial charge in [-0.15, -0.1) is 0 Å². The number of hydrogen-bond donors (Lipinski definition) is 1. The molecule has 0 aliphatic carbocycles. The van der Waals surface area contributed by atoms with Crippen LogP contribution in [-0.4, -0.2) is 28.1 Å². The normalized spacial score (nSPS) is 11.0. The Morgan fingerprint density at radius 2 is 1.84 bits per heavy atom. The second-order valence-electron chi connectivity index (χ2n) is 4.82. The number of carbonyl (C=O) groups excluding carboxylic acids is 1. The molecule has 9 heteroatoms. The number of hydrogen-bond acceptors (Lipinski definition) is 5. The number of halogens is 2. The minimum Gasteiger partial charge on any atom is -0.495 e. The van der Waals surface area contributed by atoms with Crippen molar-refractivity contribution in [1.82, 2.24) is 0 Å². The molecule has 0 aliphatic heterocycles. The Bertz CT molecular complexity index is 899. The van der Waals surface area contributed by atoms with Gasteiger partial charge in [-0.05, 0) is 43.3 Å². The summed E-state index contributed by atoms with van der Waals surface area (Å²) in [5.41, 5.74) is 0.351. The molecule has 0 fully saturated rings. The lowest BCUT2D eigenvalue weighted by Crippen LogP contribution is -2.13. The van der Waals surface area contributed by atoms with Crippen molar-refractivity contribution in [2.24, 2.45) is 0 Å². The molecule has 0 saturated carbocycles. The van der Waals surface area contributed by atoms with Crippen LogP contribution in [0.4, 0.5) is 5.69 Å². The molecule has 0 aliphatic rings. The summed E-state index contributed by atoms with van der Waals surface area (Å²) >= 11 is 12.0. The highest BCUT2D eigenvalue weighted by Crippen LogP contribution is 2.29. The van der Waals surface area contributed by atoms with Gasteiger partial charge in [0.15, 0.2) is 0 Å². The van der Waals surface area contributed by atoms with Gasteiger partial charge in [0.1, 0.15) is 5.75 Å². The molecular weight excluding hydrogens is 389 g/mol. The molecule has 25 heavy (non-hydrogen) atoms. The highest BCUT2D eigenvalue weighted by Gasteiger charge is 2.18. The van der Waals surface area contributed by atoms with Crippen molar-refractivity contribution in [1.29, 1.82) is 0 Å². The first-order valence-corrected chi connectivity index (χ1v) is 9.35. The number of benzene rings is 2. The number of anilines is 1. The van der Waals surface area contributed by atoms with Crippen LogP contribution in [0.2, 0.25) is 10.0 Å². The molecule has 0 atom stereocenters. The van der Waals surface area contributed by atoms with Gasteiger partial charge in [-0.25, -0.2) is 13.2 Å². The molecule has 1 N–H and O–H groups in total. The number of carbonyl (C=O) groups is 1. The summed E-state index contributed by atoms with van der Waals surface area (Å²) in [6.07, 6.45) is 0. The van der Waals surface area contributed by atoms with Gasteiger partial charge in [0.2, 0.25) is 0 Å². The Hall–Kier alpha value is -1.96. The number of esters is 1. The molecule has 2 rings (SSSR count). The lowest BCUT2D eigenvalue weighted by Gasteiger charge is -2.11. The van der Waals surface area contributed by atoms with Crippen LogP contribution in [0.25, 0.3) is 0 Å². The molecule has 134 valence electrons. The summed E-state index contributed by atoms with van der Waals surface area (Å²) in [5, 5.41) is 0.243. The molecule has 2 aromatic carbocycles. The number of rotatable bonds is 6. The summed E-state index contributed by atoms with van der Waals surface area (Å²) in [6, 6.07) is 8.23. The van der Waals surface area contributed by atoms with E-state index in [2.05, 4.69) is 4.72 Å². The molecule has 0 amide bonds. The largest absolute Gasteiger partial charge is 0.495 e. The smallest absolute Gasteiger partial charge is 0.339 e. The van der Waals surface area contributed by atoms with Gasteiger partial charge in [-0.2, -0.15) is 0 Å². The average molecular weight is 404 g/mol. The van der Waals surface area contributed by atoms with E-state index in [0.29, 0.717) is 5.75 Å². The van der Waals surface area contributed by atoms with Gasteiger partial charge >= 0.3 is 5.97 Å². The number of ether oxygens (including phenoxy) is 2. The first kappa shape index (κ1) is 19.4. The maximum absolute atomic E-state index is 12.4. The molecule has 0 heterocycles. The summed E-state index contributed by atoms with van der Waals surface area (Å²) in [4.78, 5) is 11.7. The summed E-state index contributed by atoms with van der Waals surface area (Å²) in [5.74, 6) is -0.216. The monoisotopic (exact) mass is 403 g/mol. The van der Waals surface area contributed by atoms with E-state index in [0.717, 1.165) is 0 Å². The Morgan fingerprint density at radius 1 is 1.12 bits per heavy atom. The summed E-state index contributed by atoms with van der Waals surface area (Å²) in [7, 11) is -2.45. The zero-order valence-corrected chi connectivity index (χ0v) is 15.7. The van der Waals surface area contributed by atoms with Crippen LogP contribution < -0.4 is 9.46 Å². The molecule has 0 spiro atoms. The Labute approximate surface area is 155 Å². The topological polar surface area (TPSA) is 81.7 Å². The van der Waals surface area contributed by atoms with Gasteiger partial charge in [0.05, 0.1) is 39.9 Å². The summed E-state index contributed by atoms with van der Waals surface area (Å²) in [6.45, 7) is 1.88. The zero-order valence-electron chi connectivity index (χ0n) is 13.4. The first-order valence-electron chi connectivity index (χ1n) is 7.11. The molecule has 0 radical (unpaired) electrons. The number of nitrogens with one attached hydrogen (secondary N) is 1. The van der Waals surface area contributed by atoms with Crippen LogP contribution in [0.15, 0.2) is 41.3 Å². The maximum atomic E-state index is 12.4. The molecule has 0 bridgehead atoms. The Balaban J connectivity index is 2.27. The van der Waals surface area contributed by atoms with Crippen LogP contribution in [0.1, 0.15) is 17.3 Å². The van der Waals surface area contributed by atoms with Crippen LogP contribution in [0.3, 0.4) is 0 Å². The zero-order chi connectivity index (χ0) is 18.6. The lowest BCUT2D eigenvalue weighted by molar-refractivity contribution is 0.0526. The highest BCUT2D eigenvalue weighted by atomic mass is 35.5. The standard InChI is InChI=1S/C16H15Cl2NO5S/c1-3-24-16(20)12-6-4-10(8-13(12)17)19-25(21,22)11-5-7-15(23-2)14(18)9-11/h4-9,19H,3H2,1-2H3. The van der Waals surface area contributed by atoms with Crippen molar-refractivity contribution in [2.45, 2.75) is 11.8 Å². The van der Waals surface area contributed by atoms with Gasteiger partial charge in [0, 0.05) is 0 Å². The Kier molecular flexibility index (Phi) is 6.16. The molecule has 2 aromatic rings. The van der Waals surface area contributed by atoms with Crippen molar-refractivity contribution in [3.05, 3.63) is 52.0 Å². The second kappa shape index (κ2) is 7.95. The van der Waals surface area contributed by atoms with Crippen LogP contribution in [0.5, 0.6) is 5.75 Å². The third-order valence-corrected chi connectivity index (χ3v) is 5.14. The van der Waals surface area contributed by atoms with Crippen molar-refractivity contribution >= 4 is 44.9 Å². The third kappa shape index (κ3) is 4.56. The fourth-order valence-electron chi connectivity index (χ4n) is 1.98. The van der Waals surface area contributed by atoms with Crippen molar-refractivity contribution in [3.8, 4) is 5.75 Å². The van der Waals surface area contributed by atoms with Crippen LogP contribution in [0, 0.1) is 0 Å². The summed E-state index contributed by atoms with van der Waals surface area (Å²) < 4.78 is 37.1. The lowest BCUT2D eigenvalue weighted by atomic mass is 10.2. The third-order valence-electron chi connectivity index (χ3n) is 3.15. The van der Waals surface area contributed by atoms with Crippen LogP contribution >= 0.6 is 23.2 Å². The number of methoxy groups -OCH3 is 1. The van der Waals surface area contributed by atoms with E-state index in [1.165, 1.54) is 43.5 Å². The SMILES string of the molecule is CCOC(=O)c1ccc(NS(=O)(=O)c2ccc(OC)c(Cl)c2)cc1Cl. The van der Waals surface area contributed by atoms with E-state index in [4.69, 9.17) is 32.7 Å². The van der Waals surface area contributed by atoms with E-state index in [1.807, 2.05) is 0 Å². The molecule has 0 unspecified atom stereocenters. The minimum absolute atomic E-state index is 0.0381. The van der Waals surface area contributed by atoms with Crippen molar-refractivity contribution in [2.75, 3.05) is 18.4 Å². The highest BCUT2D eigenvalue weighted by molar-refractivity contribution is 7.92. The average Bonchev–Trinajstić information content (AvgIpc) is 2.54. The van der Waals surface area contributed by atoms with Gasteiger partial charge < -0.3 is 9.47 Å². The molecular formula is C16H15Cl2NO5S. The first-order chi connectivity index (χ1) is 11.8. The Morgan fingerprint density at radius 3 is 2.40 bits per heavy atom. The van der Waals surface area contributed by atoms with Crippen molar-refractivity contribution in [3.63, 3.8) is 0 Å². The predicted octanol–water partition coefficient (Wildman–Crippen LogP) is 3.98. The fourth-order valence-corrected chi connectivity index (χ4v) is 3.64. The van der Waals surface area contributed by atoms with Gasteiger partial charge in [-0.3, -0.25) is 4.72 Å². The minimum atomic E-state index is -3.89. The van der Waals surface area contributed by atoms with Crippen LogP contribution in [-0.2, 0) is 14.8 Å². The molecule has 6 nitrogen and oxygen atoms in total. The number of sulfonamides is 1. The quantitative estimate of drug-likeness (QED) is 0.737. The van der Waals surface area contributed by atoms with E-state index in [1.54, 1.807) is 6.92 Å². The fraction of sp³-hybridized carbons (Fsp3) is 0.188. The van der Waals surface area contributed by atoms with Gasteiger partial charge in [0.25, 0.3) is 10.0 Å². The van der Waals surface area contributed by atoms with Crippen molar-refractivity contribution < 1.29 is 22.7 Å². The van der Waals surface area contributed by atoms with E-state index in [9.17, 15) is 13.2 Å². The van der Waals surface area contributed by atoms with E-state index in [-0.39, 0.29) is 32.8 Å². The second-order valence-corrected chi connectivity index (χ2v) is 7.31. The molecule has 0 saturated heterocycles. The van der Waals surface area contributed by atoms with Gasteiger partial charge in [-0.1, -0.05) is 23.2 Å². The predicted molar refractivity (Wildman–Crippen MR) is 96.2 cm³/mol. The molecule has 0 aromatic heterocycles. The maximum Gasteiger partial charge on any atom is 0.339 e.